The van der Waals surface area contributed by atoms with E-state index < -0.39 is 29.9 Å². The summed E-state index contributed by atoms with van der Waals surface area (Å²) in [4.78, 5) is 16.4. The van der Waals surface area contributed by atoms with Crippen molar-refractivity contribution in [1.29, 1.82) is 0 Å². The lowest BCUT2D eigenvalue weighted by molar-refractivity contribution is -0.120. The lowest BCUT2D eigenvalue weighted by Gasteiger charge is -2.28. The summed E-state index contributed by atoms with van der Waals surface area (Å²) in [5, 5.41) is 16.1. The molecule has 0 radical (unpaired) electrons. The Kier molecular flexibility index (Phi) is 7.68. The fourth-order valence-electron chi connectivity index (χ4n) is 3.96. The number of halogens is 5. The van der Waals surface area contributed by atoms with E-state index in [0.29, 0.717) is 6.54 Å². The number of hydrogen-bond acceptors (Lipinski definition) is 6. The molecule has 1 atom stereocenters. The summed E-state index contributed by atoms with van der Waals surface area (Å²) in [6.07, 6.45) is -1.37. The first kappa shape index (κ1) is 25.1. The van der Waals surface area contributed by atoms with Crippen molar-refractivity contribution in [1.82, 2.24) is 15.1 Å². The van der Waals surface area contributed by atoms with Crippen molar-refractivity contribution in [3.63, 3.8) is 0 Å². The van der Waals surface area contributed by atoms with E-state index in [-0.39, 0.29) is 53.5 Å². The molecule has 1 aliphatic heterocycles. The van der Waals surface area contributed by atoms with Crippen molar-refractivity contribution in [2.24, 2.45) is 0 Å². The van der Waals surface area contributed by atoms with E-state index in [1.165, 1.54) is 29.2 Å². The van der Waals surface area contributed by atoms with Gasteiger partial charge in [-0.15, -0.1) is 10.2 Å². The number of aromatic nitrogens is 2. The third-order valence-corrected chi connectivity index (χ3v) is 6.11. The van der Waals surface area contributed by atoms with Crippen LogP contribution < -0.4 is 4.90 Å². The normalized spacial score (nSPS) is 16.3. The number of nitrogens with zero attached hydrogens (tertiary/aromatic N) is 4. The van der Waals surface area contributed by atoms with Gasteiger partial charge in [0.2, 0.25) is 11.8 Å². The first-order valence-electron chi connectivity index (χ1n) is 10.8. The second-order valence-electron chi connectivity index (χ2n) is 8.08. The third kappa shape index (κ3) is 5.63. The van der Waals surface area contributed by atoms with Crippen LogP contribution in [0.1, 0.15) is 30.7 Å². The van der Waals surface area contributed by atoms with Crippen LogP contribution in [-0.4, -0.2) is 51.8 Å². The molecule has 1 saturated heterocycles. The lowest BCUT2D eigenvalue weighted by atomic mass is 10.1. The Morgan fingerprint density at radius 1 is 1.20 bits per heavy atom. The molecule has 0 bridgehead atoms. The lowest BCUT2D eigenvalue weighted by Crippen LogP contribution is -2.43. The molecular weight excluding hydrogens is 492 g/mol. The molecule has 0 aliphatic carbocycles. The molecule has 3 aromatic rings. The molecule has 7 nitrogen and oxygen atoms in total. The average Bonchev–Trinajstić information content (AvgIpc) is 3.50. The van der Waals surface area contributed by atoms with Gasteiger partial charge in [-0.2, -0.15) is 8.78 Å². The first-order chi connectivity index (χ1) is 16.8. The van der Waals surface area contributed by atoms with Crippen molar-refractivity contribution in [3.05, 3.63) is 64.5 Å². The van der Waals surface area contributed by atoms with Crippen LogP contribution in [0.5, 0.6) is 0 Å². The van der Waals surface area contributed by atoms with E-state index in [1.54, 1.807) is 0 Å². The zero-order valence-corrected chi connectivity index (χ0v) is 19.1. The second-order valence-corrected chi connectivity index (χ2v) is 8.49. The fourth-order valence-corrected chi connectivity index (χ4v) is 4.14. The smallest absolute Gasteiger partial charge is 0.314 e. The van der Waals surface area contributed by atoms with E-state index in [1.807, 2.05) is 4.90 Å². The number of aliphatic hydroxyl groups excluding tert-OH is 1. The molecular formula is C23H21ClF4N4O3. The minimum atomic E-state index is -2.96. The number of carbonyl (C=O) groups excluding carboxylic acids is 1. The summed E-state index contributed by atoms with van der Waals surface area (Å²) in [7, 11) is 0. The molecule has 1 aliphatic rings. The monoisotopic (exact) mass is 512 g/mol. The fraction of sp³-hybridized carbons (Fsp3) is 0.348. The number of carbonyl (C=O) groups is 1. The Balaban J connectivity index is 1.60. The van der Waals surface area contributed by atoms with Crippen molar-refractivity contribution >= 4 is 23.2 Å². The number of anilines is 1. The van der Waals surface area contributed by atoms with Crippen molar-refractivity contribution in [3.8, 4) is 11.5 Å². The van der Waals surface area contributed by atoms with Gasteiger partial charge in [-0.1, -0.05) is 17.7 Å². The van der Waals surface area contributed by atoms with E-state index in [2.05, 4.69) is 10.2 Å². The highest BCUT2D eigenvalue weighted by atomic mass is 35.5. The molecule has 1 unspecified atom stereocenters. The Bertz CT molecular complexity index is 1210. The first-order valence-corrected chi connectivity index (χ1v) is 11.1. The molecule has 1 fully saturated rings. The molecule has 4 rings (SSSR count). The van der Waals surface area contributed by atoms with Crippen LogP contribution in [0, 0.1) is 11.6 Å². The highest BCUT2D eigenvalue weighted by Crippen LogP contribution is 2.28. The molecule has 0 saturated carbocycles. The van der Waals surface area contributed by atoms with Gasteiger partial charge in [0, 0.05) is 22.9 Å². The predicted octanol–water partition coefficient (Wildman–Crippen LogP) is 4.60. The van der Waals surface area contributed by atoms with Gasteiger partial charge in [0.05, 0.1) is 24.7 Å². The molecule has 12 heteroatoms. The topological polar surface area (TPSA) is 82.7 Å². The molecule has 2 heterocycles. The second kappa shape index (κ2) is 10.7. The summed E-state index contributed by atoms with van der Waals surface area (Å²) >= 11 is 5.92. The van der Waals surface area contributed by atoms with Gasteiger partial charge in [0.15, 0.2) is 0 Å². The Morgan fingerprint density at radius 2 is 2.00 bits per heavy atom. The number of amides is 1. The van der Waals surface area contributed by atoms with Crippen LogP contribution in [0.2, 0.25) is 5.02 Å². The maximum Gasteiger partial charge on any atom is 0.314 e. The molecule has 1 amide bonds. The highest BCUT2D eigenvalue weighted by molar-refractivity contribution is 6.31. The summed E-state index contributed by atoms with van der Waals surface area (Å²) in [5.41, 5.74) is 0.468. The molecule has 186 valence electrons. The molecule has 1 aromatic heterocycles. The van der Waals surface area contributed by atoms with Crippen LogP contribution in [0.4, 0.5) is 23.2 Å². The van der Waals surface area contributed by atoms with Crippen LogP contribution in [-0.2, 0) is 11.3 Å². The van der Waals surface area contributed by atoms with Gasteiger partial charge in [-0.25, -0.2) is 8.78 Å². The standard InChI is InChI=1S/C23H21ClF4N4O3/c24-17-9-15(5-6-18(17)25)32(20(34)11-31-7-1-2-16(31)12-33)10-14-4-3-13(8-19(14)26)22-29-30-23(35-22)21(27)28/h3-6,8-9,16,21,33H,1-2,7,10-12H2. The Hall–Kier alpha value is -3.02. The van der Waals surface area contributed by atoms with Crippen LogP contribution in [0.25, 0.3) is 11.5 Å². The summed E-state index contributed by atoms with van der Waals surface area (Å²) in [6, 6.07) is 7.42. The van der Waals surface area contributed by atoms with E-state index in [0.717, 1.165) is 25.0 Å². The Labute approximate surface area is 202 Å². The maximum atomic E-state index is 15.0. The van der Waals surface area contributed by atoms with Crippen LogP contribution in [0.15, 0.2) is 40.8 Å². The Morgan fingerprint density at radius 3 is 2.66 bits per heavy atom. The van der Waals surface area contributed by atoms with E-state index in [9.17, 15) is 23.1 Å². The van der Waals surface area contributed by atoms with Gasteiger partial charge in [-0.05, 0) is 49.7 Å². The van der Waals surface area contributed by atoms with Gasteiger partial charge in [-0.3, -0.25) is 9.69 Å². The minimum Gasteiger partial charge on any atom is -0.415 e. The van der Waals surface area contributed by atoms with E-state index in [4.69, 9.17) is 16.0 Å². The number of likely N-dealkylation sites (tertiary alicyclic amines) is 1. The van der Waals surface area contributed by atoms with Gasteiger partial charge < -0.3 is 14.4 Å². The highest BCUT2D eigenvalue weighted by Gasteiger charge is 2.28. The van der Waals surface area contributed by atoms with Gasteiger partial charge in [0.25, 0.3) is 5.89 Å². The zero-order valence-electron chi connectivity index (χ0n) is 18.3. The number of benzene rings is 2. The number of alkyl halides is 2. The largest absolute Gasteiger partial charge is 0.415 e. The number of rotatable bonds is 8. The SMILES string of the molecule is O=C(CN1CCCC1CO)N(Cc1ccc(-c2nnc(C(F)F)o2)cc1F)c1ccc(F)c(Cl)c1. The number of hydrogen-bond donors (Lipinski definition) is 1. The van der Waals surface area contributed by atoms with E-state index >= 15 is 4.39 Å². The van der Waals surface area contributed by atoms with Crippen molar-refractivity contribution in [2.75, 3.05) is 24.6 Å². The van der Waals surface area contributed by atoms with Crippen LogP contribution >= 0.6 is 11.6 Å². The van der Waals surface area contributed by atoms with Gasteiger partial charge >= 0.3 is 6.43 Å². The quantitative estimate of drug-likeness (QED) is 0.444. The van der Waals surface area contributed by atoms with Gasteiger partial charge in [0.1, 0.15) is 11.6 Å². The summed E-state index contributed by atoms with van der Waals surface area (Å²) in [6.45, 7) is 0.298. The molecule has 35 heavy (non-hydrogen) atoms. The third-order valence-electron chi connectivity index (χ3n) is 5.82. The molecule has 1 N–H and O–H groups in total. The number of aliphatic hydroxyl groups is 1. The average molecular weight is 513 g/mol. The predicted molar refractivity (Wildman–Crippen MR) is 119 cm³/mol. The summed E-state index contributed by atoms with van der Waals surface area (Å²) in [5.74, 6) is -2.94. The zero-order chi connectivity index (χ0) is 25.1. The van der Waals surface area contributed by atoms with Crippen LogP contribution in [0.3, 0.4) is 0 Å². The summed E-state index contributed by atoms with van der Waals surface area (Å²) < 4.78 is 59.0. The van der Waals surface area contributed by atoms with Crippen molar-refractivity contribution < 1.29 is 31.9 Å². The molecule has 2 aromatic carbocycles. The van der Waals surface area contributed by atoms with Crippen molar-refractivity contribution in [2.45, 2.75) is 31.9 Å². The molecule has 0 spiro atoms. The minimum absolute atomic E-state index is 0.0294. The maximum absolute atomic E-state index is 15.0.